The van der Waals surface area contributed by atoms with Crippen molar-refractivity contribution in [1.82, 2.24) is 9.88 Å². The van der Waals surface area contributed by atoms with Gasteiger partial charge in [0.15, 0.2) is 0 Å². The van der Waals surface area contributed by atoms with Gasteiger partial charge in [-0.25, -0.2) is 9.37 Å². The van der Waals surface area contributed by atoms with Crippen LogP contribution in [0.15, 0.2) is 36.5 Å². The fourth-order valence-electron chi connectivity index (χ4n) is 6.13. The van der Waals surface area contributed by atoms with Crippen LogP contribution in [-0.2, 0) is 20.7 Å². The first-order valence-corrected chi connectivity index (χ1v) is 14.2. The first-order chi connectivity index (χ1) is 18.5. The highest BCUT2D eigenvalue weighted by Crippen LogP contribution is 2.38. The molecule has 3 aliphatic rings. The number of nitrogens with zero attached hydrogens (tertiary/aromatic N) is 2. The van der Waals surface area contributed by atoms with Crippen LogP contribution < -0.4 is 5.32 Å². The number of fused-ring (bicyclic) bond motifs is 1. The van der Waals surface area contributed by atoms with Gasteiger partial charge in [-0.2, -0.15) is 0 Å². The fraction of sp³-hybridized carbons (Fsp3) is 0.600. The molecule has 5 rings (SSSR count). The minimum absolute atomic E-state index is 0.0866. The number of likely N-dealkylation sites (N-methyl/N-ethyl adjacent to an activating group) is 1. The van der Waals surface area contributed by atoms with E-state index in [9.17, 15) is 14.3 Å². The molecule has 1 aromatic carbocycles. The maximum absolute atomic E-state index is 14.3. The quantitative estimate of drug-likeness (QED) is 0.366. The summed E-state index contributed by atoms with van der Waals surface area (Å²) in [5.41, 5.74) is 2.60. The molecule has 38 heavy (non-hydrogen) atoms. The van der Waals surface area contributed by atoms with Crippen LogP contribution in [0, 0.1) is 5.82 Å². The molecule has 1 saturated carbocycles. The van der Waals surface area contributed by atoms with Gasteiger partial charge in [-0.1, -0.05) is 12.1 Å². The molecule has 2 fully saturated rings. The second-order valence-corrected chi connectivity index (χ2v) is 11.0. The highest BCUT2D eigenvalue weighted by atomic mass is 19.1. The van der Waals surface area contributed by atoms with Gasteiger partial charge in [-0.05, 0) is 106 Å². The summed E-state index contributed by atoms with van der Waals surface area (Å²) in [4.78, 5) is 18.7. The number of nitrogens with one attached hydrogen (secondary N) is 1. The van der Waals surface area contributed by atoms with Gasteiger partial charge in [0, 0.05) is 31.5 Å². The van der Waals surface area contributed by atoms with Gasteiger partial charge in [0.1, 0.15) is 17.7 Å². The third-order valence-corrected chi connectivity index (χ3v) is 8.45. The third kappa shape index (κ3) is 6.35. The maximum atomic E-state index is 14.3. The molecule has 2 aliphatic heterocycles. The molecular formula is C30H40FN3O4. The van der Waals surface area contributed by atoms with Crippen LogP contribution in [0.2, 0.25) is 0 Å². The van der Waals surface area contributed by atoms with Crippen LogP contribution in [0.4, 0.5) is 10.2 Å². The van der Waals surface area contributed by atoms with Crippen LogP contribution >= 0.6 is 0 Å². The second-order valence-electron chi connectivity index (χ2n) is 11.0. The number of carbonyl (C=O) groups is 1. The van der Waals surface area contributed by atoms with Crippen molar-refractivity contribution in [1.29, 1.82) is 0 Å². The number of pyridine rings is 1. The molecule has 1 saturated heterocycles. The number of unbranched alkanes of at least 4 members (excludes halogenated alkanes) is 1. The first-order valence-electron chi connectivity index (χ1n) is 14.2. The zero-order valence-corrected chi connectivity index (χ0v) is 22.3. The van der Waals surface area contributed by atoms with Gasteiger partial charge in [0.05, 0.1) is 12.2 Å². The van der Waals surface area contributed by atoms with E-state index >= 15 is 0 Å². The molecule has 7 nitrogen and oxygen atoms in total. The van der Waals surface area contributed by atoms with Crippen molar-refractivity contribution < 1.29 is 23.8 Å². The number of hydrogen-bond acceptors (Lipinski definition) is 6. The summed E-state index contributed by atoms with van der Waals surface area (Å²) < 4.78 is 26.3. The van der Waals surface area contributed by atoms with Crippen LogP contribution in [0.5, 0.6) is 0 Å². The summed E-state index contributed by atoms with van der Waals surface area (Å²) in [6.07, 6.45) is 11.7. The lowest BCUT2D eigenvalue weighted by molar-refractivity contribution is -0.146. The third-order valence-electron chi connectivity index (χ3n) is 8.45. The zero-order chi connectivity index (χ0) is 26.5. The molecule has 0 bridgehead atoms. The number of ether oxygens (including phenoxy) is 2. The minimum Gasteiger partial charge on any atom is -0.480 e. The number of anilines is 1. The number of benzene rings is 1. The standard InChI is InChI=1S/C30H40FN3O4/c1-34(28(30(35)36)26-17-21(31)11-13-25(26)27-9-3-5-16-38-27)23-18-24(19-23)37-15-4-2-8-22-12-10-20-7-6-14-32-29(20)33-22/h6-7,11,13-14,17,22-24,27-28H,2-5,8-10,12,15-16,18-19H2,1H3,(H,32,33)(H,35,36)/t22-,23?,24?,27-,28+/m0/s1. The van der Waals surface area contributed by atoms with E-state index < -0.39 is 17.8 Å². The smallest absolute Gasteiger partial charge is 0.325 e. The Bertz CT molecular complexity index is 1090. The van der Waals surface area contributed by atoms with Gasteiger partial charge in [-0.15, -0.1) is 0 Å². The van der Waals surface area contributed by atoms with Gasteiger partial charge in [0.25, 0.3) is 0 Å². The van der Waals surface area contributed by atoms with E-state index in [0.717, 1.165) is 82.2 Å². The van der Waals surface area contributed by atoms with Crippen molar-refractivity contribution in [2.24, 2.45) is 0 Å². The predicted octanol–water partition coefficient (Wildman–Crippen LogP) is 5.66. The van der Waals surface area contributed by atoms with Crippen LogP contribution in [0.1, 0.15) is 86.6 Å². The summed E-state index contributed by atoms with van der Waals surface area (Å²) in [6.45, 7) is 1.37. The van der Waals surface area contributed by atoms with E-state index in [1.54, 1.807) is 6.07 Å². The number of rotatable bonds is 11. The molecular weight excluding hydrogens is 485 g/mol. The molecule has 0 radical (unpaired) electrons. The molecule has 206 valence electrons. The van der Waals surface area contributed by atoms with Crippen molar-refractivity contribution in [3.8, 4) is 0 Å². The molecule has 2 N–H and O–H groups in total. The lowest BCUT2D eigenvalue weighted by Gasteiger charge is -2.43. The SMILES string of the molecule is CN(C1CC(OCCCC[C@H]2CCc3cccnc3N2)C1)[C@@H](C(=O)O)c1cc(F)ccc1[C@@H]1CCCCO1. The Morgan fingerprint density at radius 1 is 1.26 bits per heavy atom. The number of halogens is 1. The summed E-state index contributed by atoms with van der Waals surface area (Å²) in [5.74, 6) is -0.354. The number of aryl methyl sites for hydroxylation is 1. The van der Waals surface area contributed by atoms with Gasteiger partial charge in [0.2, 0.25) is 0 Å². The molecule has 8 heteroatoms. The van der Waals surface area contributed by atoms with Crippen LogP contribution in [0.25, 0.3) is 0 Å². The predicted molar refractivity (Wildman–Crippen MR) is 144 cm³/mol. The number of carboxylic acids is 1. The Balaban J connectivity index is 1.08. The summed E-state index contributed by atoms with van der Waals surface area (Å²) >= 11 is 0. The number of aliphatic carboxylic acids is 1. The molecule has 3 atom stereocenters. The van der Waals surface area contributed by atoms with Gasteiger partial charge >= 0.3 is 5.97 Å². The molecule has 1 aromatic heterocycles. The summed E-state index contributed by atoms with van der Waals surface area (Å²) in [6, 6.07) is 8.27. The number of hydrogen-bond donors (Lipinski definition) is 2. The summed E-state index contributed by atoms with van der Waals surface area (Å²) in [7, 11) is 1.83. The molecule has 0 spiro atoms. The largest absolute Gasteiger partial charge is 0.480 e. The second kappa shape index (κ2) is 12.5. The van der Waals surface area contributed by atoms with E-state index in [1.165, 1.54) is 17.7 Å². The van der Waals surface area contributed by atoms with Crippen molar-refractivity contribution in [2.75, 3.05) is 25.6 Å². The van der Waals surface area contributed by atoms with Crippen molar-refractivity contribution >= 4 is 11.8 Å². The normalized spacial score (nSPS) is 25.8. The van der Waals surface area contributed by atoms with Gasteiger partial charge in [-0.3, -0.25) is 9.69 Å². The van der Waals surface area contributed by atoms with E-state index in [0.29, 0.717) is 18.2 Å². The maximum Gasteiger partial charge on any atom is 0.325 e. The molecule has 2 aromatic rings. The van der Waals surface area contributed by atoms with Gasteiger partial charge < -0.3 is 19.9 Å². The Morgan fingerprint density at radius 2 is 2.13 bits per heavy atom. The first kappa shape index (κ1) is 27.0. The Labute approximate surface area is 224 Å². The lowest BCUT2D eigenvalue weighted by atomic mass is 9.85. The zero-order valence-electron chi connectivity index (χ0n) is 22.3. The number of carboxylic acid groups (broad SMARTS) is 1. The summed E-state index contributed by atoms with van der Waals surface area (Å²) in [5, 5.41) is 13.7. The van der Waals surface area contributed by atoms with E-state index in [-0.39, 0.29) is 18.2 Å². The van der Waals surface area contributed by atoms with Crippen LogP contribution in [-0.4, -0.2) is 59.4 Å². The molecule has 3 heterocycles. The fourth-order valence-corrected chi connectivity index (χ4v) is 6.13. The molecule has 0 amide bonds. The Morgan fingerprint density at radius 3 is 2.92 bits per heavy atom. The highest BCUT2D eigenvalue weighted by Gasteiger charge is 2.40. The lowest BCUT2D eigenvalue weighted by Crippen LogP contribution is -2.49. The van der Waals surface area contributed by atoms with Crippen molar-refractivity contribution in [3.63, 3.8) is 0 Å². The molecule has 0 unspecified atom stereocenters. The monoisotopic (exact) mass is 525 g/mol. The Kier molecular flexibility index (Phi) is 8.92. The average Bonchev–Trinajstić information content (AvgIpc) is 2.90. The van der Waals surface area contributed by atoms with E-state index in [2.05, 4.69) is 16.4 Å². The average molecular weight is 526 g/mol. The van der Waals surface area contributed by atoms with Crippen molar-refractivity contribution in [3.05, 3.63) is 59.0 Å². The van der Waals surface area contributed by atoms with E-state index in [1.807, 2.05) is 24.2 Å². The highest BCUT2D eigenvalue weighted by molar-refractivity contribution is 5.76. The Hall–Kier alpha value is -2.55. The van der Waals surface area contributed by atoms with E-state index in [4.69, 9.17) is 9.47 Å². The topological polar surface area (TPSA) is 83.9 Å². The minimum atomic E-state index is -0.964. The van der Waals surface area contributed by atoms with Crippen molar-refractivity contribution in [2.45, 2.75) is 94.5 Å². The van der Waals surface area contributed by atoms with Crippen LogP contribution in [0.3, 0.4) is 0 Å². The molecule has 1 aliphatic carbocycles. The number of aromatic nitrogens is 1.